The molecule has 0 radical (unpaired) electrons. The van der Waals surface area contributed by atoms with Crippen LogP contribution in [-0.4, -0.2) is 17.5 Å². The number of hydrogen-bond donors (Lipinski definition) is 2. The fourth-order valence-corrected chi connectivity index (χ4v) is 2.29. The van der Waals surface area contributed by atoms with E-state index in [0.29, 0.717) is 6.04 Å². The minimum atomic E-state index is -0.568. The van der Waals surface area contributed by atoms with Crippen molar-refractivity contribution in [3.05, 3.63) is 0 Å². The standard InChI is InChI=1S/C12H24N2O/c1-3-7-10(4-2)14-11(15)12(13)8-5-6-9-12/h10H,3-9,13H2,1-2H3,(H,14,15). The summed E-state index contributed by atoms with van der Waals surface area (Å²) in [5.74, 6) is 0.0697. The highest BCUT2D eigenvalue weighted by Gasteiger charge is 2.37. The average Bonchev–Trinajstić information content (AvgIpc) is 2.65. The number of carbonyl (C=O) groups is 1. The molecule has 1 aliphatic rings. The zero-order valence-electron chi connectivity index (χ0n) is 10.0. The second kappa shape index (κ2) is 5.50. The quantitative estimate of drug-likeness (QED) is 0.732. The van der Waals surface area contributed by atoms with Gasteiger partial charge in [-0.1, -0.05) is 33.1 Å². The van der Waals surface area contributed by atoms with Crippen LogP contribution < -0.4 is 11.1 Å². The minimum Gasteiger partial charge on any atom is -0.352 e. The highest BCUT2D eigenvalue weighted by Crippen LogP contribution is 2.27. The fourth-order valence-electron chi connectivity index (χ4n) is 2.29. The third-order valence-corrected chi connectivity index (χ3v) is 3.41. The van der Waals surface area contributed by atoms with Gasteiger partial charge in [-0.3, -0.25) is 4.79 Å². The van der Waals surface area contributed by atoms with Crippen molar-refractivity contribution in [2.24, 2.45) is 5.73 Å². The number of nitrogens with one attached hydrogen (secondary N) is 1. The first-order chi connectivity index (χ1) is 7.12. The molecule has 0 aromatic carbocycles. The SMILES string of the molecule is CCCC(CC)NC(=O)C1(N)CCCC1. The van der Waals surface area contributed by atoms with E-state index < -0.39 is 5.54 Å². The summed E-state index contributed by atoms with van der Waals surface area (Å²) in [7, 11) is 0. The maximum atomic E-state index is 12.0. The van der Waals surface area contributed by atoms with Gasteiger partial charge in [0.15, 0.2) is 0 Å². The van der Waals surface area contributed by atoms with Gasteiger partial charge in [0.2, 0.25) is 5.91 Å². The van der Waals surface area contributed by atoms with Crippen molar-refractivity contribution in [1.29, 1.82) is 0 Å². The summed E-state index contributed by atoms with van der Waals surface area (Å²) >= 11 is 0. The normalized spacial score (nSPS) is 21.3. The summed E-state index contributed by atoms with van der Waals surface area (Å²) in [5, 5.41) is 3.09. The van der Waals surface area contributed by atoms with Crippen LogP contribution in [-0.2, 0) is 4.79 Å². The largest absolute Gasteiger partial charge is 0.352 e. The predicted molar refractivity (Wildman–Crippen MR) is 62.5 cm³/mol. The first-order valence-electron chi connectivity index (χ1n) is 6.22. The zero-order valence-corrected chi connectivity index (χ0v) is 10.0. The number of rotatable bonds is 5. The Morgan fingerprint density at radius 2 is 2.00 bits per heavy atom. The maximum Gasteiger partial charge on any atom is 0.240 e. The van der Waals surface area contributed by atoms with E-state index in [1.165, 1.54) is 0 Å². The van der Waals surface area contributed by atoms with Crippen LogP contribution >= 0.6 is 0 Å². The molecule has 3 heteroatoms. The smallest absolute Gasteiger partial charge is 0.240 e. The number of hydrogen-bond acceptors (Lipinski definition) is 2. The Balaban J connectivity index is 2.45. The van der Waals surface area contributed by atoms with Gasteiger partial charge < -0.3 is 11.1 Å². The molecule has 0 heterocycles. The first-order valence-corrected chi connectivity index (χ1v) is 6.22. The van der Waals surface area contributed by atoms with Crippen LogP contribution in [0.5, 0.6) is 0 Å². The lowest BCUT2D eigenvalue weighted by atomic mass is 9.97. The van der Waals surface area contributed by atoms with Gasteiger partial charge in [0, 0.05) is 6.04 Å². The Bertz CT molecular complexity index is 210. The Labute approximate surface area is 92.8 Å². The summed E-state index contributed by atoms with van der Waals surface area (Å²) < 4.78 is 0. The molecule has 1 aliphatic carbocycles. The average molecular weight is 212 g/mol. The van der Waals surface area contributed by atoms with Gasteiger partial charge in [-0.25, -0.2) is 0 Å². The number of nitrogens with two attached hydrogens (primary N) is 1. The van der Waals surface area contributed by atoms with E-state index in [9.17, 15) is 4.79 Å². The van der Waals surface area contributed by atoms with Gasteiger partial charge in [0.05, 0.1) is 5.54 Å². The third-order valence-electron chi connectivity index (χ3n) is 3.41. The molecule has 0 saturated heterocycles. The molecule has 0 bridgehead atoms. The van der Waals surface area contributed by atoms with Crippen molar-refractivity contribution >= 4 is 5.91 Å². The fraction of sp³-hybridized carbons (Fsp3) is 0.917. The Hall–Kier alpha value is -0.570. The summed E-state index contributed by atoms with van der Waals surface area (Å²) in [6.45, 7) is 4.25. The molecule has 3 nitrogen and oxygen atoms in total. The van der Waals surface area contributed by atoms with E-state index in [1.807, 2.05) is 0 Å². The topological polar surface area (TPSA) is 55.1 Å². The molecule has 3 N–H and O–H groups in total. The van der Waals surface area contributed by atoms with Crippen LogP contribution in [0.25, 0.3) is 0 Å². The van der Waals surface area contributed by atoms with Gasteiger partial charge >= 0.3 is 0 Å². The van der Waals surface area contributed by atoms with Crippen LogP contribution in [0.4, 0.5) is 0 Å². The van der Waals surface area contributed by atoms with Crippen LogP contribution in [0.15, 0.2) is 0 Å². The third kappa shape index (κ3) is 3.20. The Morgan fingerprint density at radius 1 is 1.40 bits per heavy atom. The molecule has 1 unspecified atom stereocenters. The highest BCUT2D eigenvalue weighted by atomic mass is 16.2. The van der Waals surface area contributed by atoms with Crippen LogP contribution in [0.2, 0.25) is 0 Å². The molecule has 0 aliphatic heterocycles. The van der Waals surface area contributed by atoms with Crippen molar-refractivity contribution in [3.63, 3.8) is 0 Å². The van der Waals surface area contributed by atoms with Crippen LogP contribution in [0, 0.1) is 0 Å². The second-order valence-electron chi connectivity index (χ2n) is 4.73. The van der Waals surface area contributed by atoms with Gasteiger partial charge in [-0.2, -0.15) is 0 Å². The van der Waals surface area contributed by atoms with E-state index in [2.05, 4.69) is 19.2 Å². The summed E-state index contributed by atoms with van der Waals surface area (Å²) in [5.41, 5.74) is 5.52. The van der Waals surface area contributed by atoms with Gasteiger partial charge in [-0.15, -0.1) is 0 Å². The number of carbonyl (C=O) groups excluding carboxylic acids is 1. The lowest BCUT2D eigenvalue weighted by Crippen LogP contribution is -2.54. The van der Waals surface area contributed by atoms with Crippen molar-refractivity contribution in [2.75, 3.05) is 0 Å². The van der Waals surface area contributed by atoms with E-state index >= 15 is 0 Å². The van der Waals surface area contributed by atoms with Crippen LogP contribution in [0.3, 0.4) is 0 Å². The Kier molecular flexibility index (Phi) is 4.58. The maximum absolute atomic E-state index is 12.0. The van der Waals surface area contributed by atoms with Crippen LogP contribution in [0.1, 0.15) is 58.8 Å². The molecule has 15 heavy (non-hydrogen) atoms. The molecule has 1 saturated carbocycles. The molecule has 1 fully saturated rings. The van der Waals surface area contributed by atoms with E-state index in [0.717, 1.165) is 44.9 Å². The summed E-state index contributed by atoms with van der Waals surface area (Å²) in [6, 6.07) is 0.309. The van der Waals surface area contributed by atoms with E-state index in [-0.39, 0.29) is 5.91 Å². The van der Waals surface area contributed by atoms with E-state index in [1.54, 1.807) is 0 Å². The minimum absolute atomic E-state index is 0.0697. The molecule has 1 rings (SSSR count). The van der Waals surface area contributed by atoms with E-state index in [4.69, 9.17) is 5.73 Å². The first kappa shape index (κ1) is 12.5. The molecule has 0 aromatic heterocycles. The van der Waals surface area contributed by atoms with Crippen molar-refractivity contribution in [2.45, 2.75) is 70.4 Å². The molecular formula is C12H24N2O. The predicted octanol–water partition coefficient (Wildman–Crippen LogP) is 1.95. The highest BCUT2D eigenvalue weighted by molar-refractivity contribution is 5.86. The lowest BCUT2D eigenvalue weighted by Gasteiger charge is -2.26. The molecule has 0 aromatic rings. The molecule has 0 spiro atoms. The van der Waals surface area contributed by atoms with Crippen molar-refractivity contribution in [3.8, 4) is 0 Å². The van der Waals surface area contributed by atoms with Gasteiger partial charge in [0.1, 0.15) is 0 Å². The van der Waals surface area contributed by atoms with Crippen molar-refractivity contribution < 1.29 is 4.79 Å². The lowest BCUT2D eigenvalue weighted by molar-refractivity contribution is -0.127. The molecule has 1 atom stereocenters. The second-order valence-corrected chi connectivity index (χ2v) is 4.73. The molecule has 1 amide bonds. The van der Waals surface area contributed by atoms with Gasteiger partial charge in [-0.05, 0) is 25.7 Å². The number of amides is 1. The Morgan fingerprint density at radius 3 is 2.47 bits per heavy atom. The van der Waals surface area contributed by atoms with Gasteiger partial charge in [0.25, 0.3) is 0 Å². The summed E-state index contributed by atoms with van der Waals surface area (Å²) in [4.78, 5) is 12.0. The monoisotopic (exact) mass is 212 g/mol. The molecular weight excluding hydrogens is 188 g/mol. The van der Waals surface area contributed by atoms with Crippen molar-refractivity contribution in [1.82, 2.24) is 5.32 Å². The summed E-state index contributed by atoms with van der Waals surface area (Å²) in [6.07, 6.45) is 7.04. The molecule has 88 valence electrons. The zero-order chi connectivity index (χ0) is 11.3.